The van der Waals surface area contributed by atoms with Crippen LogP contribution in [0.2, 0.25) is 0 Å². The fraction of sp³-hybridized carbons (Fsp3) is 0.545. The highest BCUT2D eigenvalue weighted by molar-refractivity contribution is 7.10. The Bertz CT molecular complexity index is 814. The monoisotopic (exact) mass is 414 g/mol. The summed E-state index contributed by atoms with van der Waals surface area (Å²) in [7, 11) is 0. The lowest BCUT2D eigenvalue weighted by atomic mass is 9.77. The van der Waals surface area contributed by atoms with Crippen molar-refractivity contribution >= 4 is 34.5 Å². The van der Waals surface area contributed by atoms with Crippen LogP contribution in [0.15, 0.2) is 22.9 Å². The fourth-order valence-electron chi connectivity index (χ4n) is 5.06. The molecule has 2 amide bonds. The Morgan fingerprint density at radius 3 is 1.71 bits per heavy atom. The third-order valence-electron chi connectivity index (χ3n) is 6.64. The van der Waals surface area contributed by atoms with Gasteiger partial charge in [-0.2, -0.15) is 0 Å². The van der Waals surface area contributed by atoms with E-state index in [1.54, 1.807) is 22.7 Å². The minimum absolute atomic E-state index is 0.134. The summed E-state index contributed by atoms with van der Waals surface area (Å²) in [6.07, 6.45) is 5.76. The molecule has 148 valence electrons. The maximum absolute atomic E-state index is 13.4. The highest BCUT2D eigenvalue weighted by atomic mass is 32.1. The maximum Gasteiger partial charge on any atom is 0.226 e. The van der Waals surface area contributed by atoms with Crippen molar-refractivity contribution in [2.24, 2.45) is 11.8 Å². The summed E-state index contributed by atoms with van der Waals surface area (Å²) >= 11 is 3.59. The first-order valence-corrected chi connectivity index (χ1v) is 12.1. The number of carbonyl (C=O) groups is 2. The van der Waals surface area contributed by atoms with Gasteiger partial charge in [0.05, 0.1) is 0 Å². The molecule has 2 aliphatic heterocycles. The lowest BCUT2D eigenvalue weighted by Gasteiger charge is -2.38. The molecule has 0 radical (unpaired) electrons. The van der Waals surface area contributed by atoms with Gasteiger partial charge in [-0.1, -0.05) is 12.8 Å². The van der Waals surface area contributed by atoms with Crippen molar-refractivity contribution in [3.8, 4) is 0 Å². The van der Waals surface area contributed by atoms with Gasteiger partial charge in [-0.3, -0.25) is 9.59 Å². The van der Waals surface area contributed by atoms with Gasteiger partial charge in [-0.15, -0.1) is 22.7 Å². The first-order chi connectivity index (χ1) is 13.7. The molecule has 0 bridgehead atoms. The quantitative estimate of drug-likeness (QED) is 0.743. The summed E-state index contributed by atoms with van der Waals surface area (Å²) in [6.45, 7) is 3.03. The van der Waals surface area contributed by atoms with E-state index in [4.69, 9.17) is 0 Å². The summed E-state index contributed by atoms with van der Waals surface area (Å²) in [4.78, 5) is 33.7. The second-order valence-corrected chi connectivity index (χ2v) is 10.3. The summed E-state index contributed by atoms with van der Waals surface area (Å²) < 4.78 is 0. The molecular weight excluding hydrogens is 388 g/mol. The lowest BCUT2D eigenvalue weighted by Crippen LogP contribution is -2.48. The molecular formula is C22H26N2O2S2. The number of rotatable bonds is 2. The molecule has 5 rings (SSSR count). The molecule has 1 aliphatic carbocycles. The largest absolute Gasteiger partial charge is 0.338 e. The van der Waals surface area contributed by atoms with Crippen LogP contribution in [-0.4, -0.2) is 34.7 Å². The van der Waals surface area contributed by atoms with E-state index in [9.17, 15) is 9.59 Å². The summed E-state index contributed by atoms with van der Waals surface area (Å²) in [5, 5.41) is 4.25. The Morgan fingerprint density at radius 1 is 0.786 bits per heavy atom. The van der Waals surface area contributed by atoms with Gasteiger partial charge in [0.1, 0.15) is 0 Å². The van der Waals surface area contributed by atoms with E-state index in [-0.39, 0.29) is 23.7 Å². The molecule has 2 aromatic rings. The van der Waals surface area contributed by atoms with E-state index in [1.807, 2.05) is 9.80 Å². The second-order valence-electron chi connectivity index (χ2n) is 8.26. The Balaban J connectivity index is 1.31. The molecule has 0 saturated heterocycles. The van der Waals surface area contributed by atoms with Gasteiger partial charge < -0.3 is 9.80 Å². The minimum atomic E-state index is -0.134. The Kier molecular flexibility index (Phi) is 5.01. The molecule has 0 N–H and O–H groups in total. The average Bonchev–Trinajstić information content (AvgIpc) is 3.40. The van der Waals surface area contributed by atoms with Gasteiger partial charge in [-0.05, 0) is 59.7 Å². The van der Waals surface area contributed by atoms with Crippen LogP contribution in [0, 0.1) is 11.8 Å². The van der Waals surface area contributed by atoms with E-state index < -0.39 is 0 Å². The average molecular weight is 415 g/mol. The van der Waals surface area contributed by atoms with Crippen LogP contribution >= 0.6 is 22.7 Å². The Hall–Kier alpha value is -1.66. The van der Waals surface area contributed by atoms with Crippen molar-refractivity contribution < 1.29 is 9.59 Å². The van der Waals surface area contributed by atoms with Crippen molar-refractivity contribution in [1.82, 2.24) is 9.80 Å². The van der Waals surface area contributed by atoms with Crippen LogP contribution in [0.25, 0.3) is 0 Å². The molecule has 0 unspecified atom stereocenters. The third kappa shape index (κ3) is 3.30. The predicted molar refractivity (Wildman–Crippen MR) is 112 cm³/mol. The number of amides is 2. The summed E-state index contributed by atoms with van der Waals surface area (Å²) in [5.41, 5.74) is 2.59. The lowest BCUT2D eigenvalue weighted by molar-refractivity contribution is -0.149. The van der Waals surface area contributed by atoms with Crippen LogP contribution in [-0.2, 0) is 35.5 Å². The number of hydrogen-bond acceptors (Lipinski definition) is 4. The Morgan fingerprint density at radius 2 is 1.25 bits per heavy atom. The molecule has 0 spiro atoms. The molecule has 0 aromatic carbocycles. The van der Waals surface area contributed by atoms with Crippen molar-refractivity contribution in [3.05, 3.63) is 43.8 Å². The number of carbonyl (C=O) groups excluding carboxylic acids is 2. The topological polar surface area (TPSA) is 40.6 Å². The number of thiophene rings is 2. The normalized spacial score (nSPS) is 24.6. The smallest absolute Gasteiger partial charge is 0.226 e. The standard InChI is InChI=1S/C22H26N2O2S2/c25-21(23-9-5-19-15(13-23)7-11-27-19)17-3-1-2-4-18(17)22(26)24-10-6-20-16(14-24)8-12-28-20/h7-8,11-12,17-18H,1-6,9-10,13-14H2/t17-,18-/m1/s1. The van der Waals surface area contributed by atoms with Crippen LogP contribution < -0.4 is 0 Å². The van der Waals surface area contributed by atoms with E-state index in [2.05, 4.69) is 22.9 Å². The fourth-order valence-corrected chi connectivity index (χ4v) is 6.84. The highest BCUT2D eigenvalue weighted by Crippen LogP contribution is 2.36. The molecule has 1 fully saturated rings. The molecule has 28 heavy (non-hydrogen) atoms. The predicted octanol–water partition coefficient (Wildman–Crippen LogP) is 4.09. The first kappa shape index (κ1) is 18.4. The van der Waals surface area contributed by atoms with Gasteiger partial charge in [0.2, 0.25) is 11.8 Å². The van der Waals surface area contributed by atoms with Crippen LogP contribution in [0.3, 0.4) is 0 Å². The van der Waals surface area contributed by atoms with Gasteiger partial charge >= 0.3 is 0 Å². The van der Waals surface area contributed by atoms with Crippen molar-refractivity contribution in [2.75, 3.05) is 13.1 Å². The van der Waals surface area contributed by atoms with Crippen molar-refractivity contribution in [3.63, 3.8) is 0 Å². The zero-order valence-electron chi connectivity index (χ0n) is 16.1. The van der Waals surface area contributed by atoms with Gasteiger partial charge in [0, 0.05) is 47.8 Å². The van der Waals surface area contributed by atoms with Crippen molar-refractivity contribution in [2.45, 2.75) is 51.6 Å². The zero-order valence-corrected chi connectivity index (χ0v) is 17.7. The molecule has 4 nitrogen and oxygen atoms in total. The van der Waals surface area contributed by atoms with Crippen LogP contribution in [0.4, 0.5) is 0 Å². The molecule has 4 heterocycles. The van der Waals surface area contributed by atoms with E-state index in [0.717, 1.165) is 64.7 Å². The minimum Gasteiger partial charge on any atom is -0.338 e. The van der Waals surface area contributed by atoms with Crippen LogP contribution in [0.1, 0.15) is 46.6 Å². The first-order valence-electron chi connectivity index (χ1n) is 10.4. The highest BCUT2D eigenvalue weighted by Gasteiger charge is 2.40. The third-order valence-corrected chi connectivity index (χ3v) is 8.69. The molecule has 6 heteroatoms. The van der Waals surface area contributed by atoms with Gasteiger partial charge in [0.25, 0.3) is 0 Å². The molecule has 2 aromatic heterocycles. The summed E-state index contributed by atoms with van der Waals surface area (Å²) in [5.74, 6) is 0.155. The van der Waals surface area contributed by atoms with E-state index >= 15 is 0 Å². The SMILES string of the molecule is O=C([C@@H]1CCCC[C@H]1C(=O)N1CCc2sccc2C1)N1CCc2sccc2C1. The number of fused-ring (bicyclic) bond motifs is 2. The van der Waals surface area contributed by atoms with E-state index in [0.29, 0.717) is 0 Å². The molecule has 2 atom stereocenters. The van der Waals surface area contributed by atoms with Gasteiger partial charge in [-0.25, -0.2) is 0 Å². The number of hydrogen-bond donors (Lipinski definition) is 0. The molecule has 1 saturated carbocycles. The van der Waals surface area contributed by atoms with Crippen molar-refractivity contribution in [1.29, 1.82) is 0 Å². The number of nitrogens with zero attached hydrogens (tertiary/aromatic N) is 2. The Labute approximate surface area is 174 Å². The van der Waals surface area contributed by atoms with Crippen LogP contribution in [0.5, 0.6) is 0 Å². The maximum atomic E-state index is 13.4. The van der Waals surface area contributed by atoms with E-state index in [1.165, 1.54) is 20.9 Å². The van der Waals surface area contributed by atoms with Gasteiger partial charge in [0.15, 0.2) is 0 Å². The second kappa shape index (κ2) is 7.64. The summed E-state index contributed by atoms with van der Waals surface area (Å²) in [6, 6.07) is 4.30. The molecule has 3 aliphatic rings. The zero-order chi connectivity index (χ0) is 19.1.